The van der Waals surface area contributed by atoms with Crippen molar-refractivity contribution in [3.05, 3.63) is 35.0 Å². The fraction of sp³-hybridized carbons (Fsp3) is 0.621. The first kappa shape index (κ1) is 30.0. The van der Waals surface area contributed by atoms with E-state index in [-0.39, 0.29) is 5.91 Å². The number of amides is 1. The number of carbonyl (C=O) groups excluding carboxylic acids is 1. The van der Waals surface area contributed by atoms with E-state index in [0.29, 0.717) is 35.7 Å². The Morgan fingerprint density at radius 1 is 1.18 bits per heavy atom. The Kier molecular flexibility index (Phi) is 12.4. The second kappa shape index (κ2) is 15.7. The molecule has 38 heavy (non-hydrogen) atoms. The van der Waals surface area contributed by atoms with E-state index in [0.717, 1.165) is 77.2 Å². The second-order valence-electron chi connectivity index (χ2n) is 10.0. The number of rotatable bonds is 15. The Labute approximate surface area is 233 Å². The van der Waals surface area contributed by atoms with Crippen molar-refractivity contribution in [3.8, 4) is 0 Å². The van der Waals surface area contributed by atoms with Gasteiger partial charge in [0.2, 0.25) is 11.9 Å². The molecule has 8 nitrogen and oxygen atoms in total. The third-order valence-electron chi connectivity index (χ3n) is 7.09. The summed E-state index contributed by atoms with van der Waals surface area (Å²) in [5.74, 6) is 1.77. The minimum absolute atomic E-state index is 0.255. The molecule has 0 radical (unpaired) electrons. The molecule has 210 valence electrons. The van der Waals surface area contributed by atoms with Gasteiger partial charge in [-0.05, 0) is 48.9 Å². The summed E-state index contributed by atoms with van der Waals surface area (Å²) in [7, 11) is 0. The zero-order chi connectivity index (χ0) is 27.3. The molecule has 1 aliphatic heterocycles. The number of carbonyl (C=O) groups is 1. The molecule has 2 heterocycles. The summed E-state index contributed by atoms with van der Waals surface area (Å²) in [6, 6.07) is 6.46. The highest BCUT2D eigenvalue weighted by Gasteiger charge is 2.16. The molecule has 1 saturated heterocycles. The van der Waals surface area contributed by atoms with Gasteiger partial charge in [0.25, 0.3) is 0 Å². The number of benzene rings is 1. The molecule has 3 rings (SSSR count). The highest BCUT2D eigenvalue weighted by Crippen LogP contribution is 2.27. The average Bonchev–Trinajstić information content (AvgIpc) is 2.94. The molecule has 1 fully saturated rings. The summed E-state index contributed by atoms with van der Waals surface area (Å²) < 4.78 is 5.49. The molecule has 1 amide bonds. The number of halogens is 1. The van der Waals surface area contributed by atoms with Crippen LogP contribution in [0.2, 0.25) is 5.02 Å². The zero-order valence-electron chi connectivity index (χ0n) is 23.6. The van der Waals surface area contributed by atoms with Crippen LogP contribution in [0, 0.1) is 5.92 Å². The van der Waals surface area contributed by atoms with Crippen LogP contribution >= 0.6 is 11.6 Å². The smallest absolute Gasteiger partial charge is 0.229 e. The SMILES string of the molecule is CCCCN(CCCNc1nc(Nc2ccc(N3CCOCC3)cc2CC)ncc1Cl)C(=O)CC(C)CC. The fourth-order valence-corrected chi connectivity index (χ4v) is 4.60. The molecule has 1 aromatic heterocycles. The van der Waals surface area contributed by atoms with Crippen LogP contribution in [0.1, 0.15) is 65.4 Å². The van der Waals surface area contributed by atoms with Gasteiger partial charge in [0, 0.05) is 50.5 Å². The lowest BCUT2D eigenvalue weighted by molar-refractivity contribution is -0.132. The first-order valence-electron chi connectivity index (χ1n) is 14.2. The van der Waals surface area contributed by atoms with E-state index in [4.69, 9.17) is 16.3 Å². The Morgan fingerprint density at radius 2 is 1.95 bits per heavy atom. The standard InChI is InChI=1S/C29H45ClN6O2/c1-5-8-13-36(27(37)19-22(4)6-2)14-9-12-31-28-25(30)21-32-29(34-28)33-26-11-10-24(20-23(26)7-3)35-15-17-38-18-16-35/h10-11,20-22H,5-9,12-19H2,1-4H3,(H2,31,32,33,34). The van der Waals surface area contributed by atoms with Gasteiger partial charge >= 0.3 is 0 Å². The zero-order valence-corrected chi connectivity index (χ0v) is 24.3. The lowest BCUT2D eigenvalue weighted by atomic mass is 10.0. The maximum absolute atomic E-state index is 12.8. The minimum Gasteiger partial charge on any atom is -0.378 e. The van der Waals surface area contributed by atoms with Crippen LogP contribution in [-0.2, 0) is 16.0 Å². The number of nitrogens with one attached hydrogen (secondary N) is 2. The number of morpholine rings is 1. The number of unbranched alkanes of at least 4 members (excludes halogenated alkanes) is 1. The largest absolute Gasteiger partial charge is 0.378 e. The average molecular weight is 545 g/mol. The molecule has 9 heteroatoms. The van der Waals surface area contributed by atoms with Crippen LogP contribution in [-0.4, -0.2) is 66.7 Å². The van der Waals surface area contributed by atoms with Gasteiger partial charge in [-0.3, -0.25) is 4.79 Å². The Hall–Kier alpha value is -2.58. The van der Waals surface area contributed by atoms with Gasteiger partial charge < -0.3 is 25.2 Å². The van der Waals surface area contributed by atoms with E-state index in [2.05, 4.69) is 71.4 Å². The molecule has 0 aliphatic carbocycles. The Morgan fingerprint density at radius 3 is 2.66 bits per heavy atom. The van der Waals surface area contributed by atoms with Gasteiger partial charge in [0.15, 0.2) is 0 Å². The fourth-order valence-electron chi connectivity index (χ4n) is 4.44. The number of aromatic nitrogens is 2. The van der Waals surface area contributed by atoms with E-state index < -0.39 is 0 Å². The van der Waals surface area contributed by atoms with Crippen LogP contribution in [0.4, 0.5) is 23.1 Å². The topological polar surface area (TPSA) is 82.6 Å². The summed E-state index contributed by atoms with van der Waals surface area (Å²) in [5, 5.41) is 7.19. The molecule has 2 aromatic rings. The molecular weight excluding hydrogens is 500 g/mol. The number of aryl methyl sites for hydroxylation is 1. The maximum Gasteiger partial charge on any atom is 0.229 e. The van der Waals surface area contributed by atoms with Crippen molar-refractivity contribution in [2.24, 2.45) is 5.92 Å². The lowest BCUT2D eigenvalue weighted by Crippen LogP contribution is -2.36. The predicted octanol–water partition coefficient (Wildman–Crippen LogP) is 6.14. The quantitative estimate of drug-likeness (QED) is 0.260. The van der Waals surface area contributed by atoms with E-state index in [1.165, 1.54) is 11.3 Å². The van der Waals surface area contributed by atoms with Crippen molar-refractivity contribution in [2.45, 2.75) is 66.2 Å². The van der Waals surface area contributed by atoms with Crippen LogP contribution in [0.25, 0.3) is 0 Å². The number of nitrogens with zero attached hydrogens (tertiary/aromatic N) is 4. The number of anilines is 4. The summed E-state index contributed by atoms with van der Waals surface area (Å²) in [5.41, 5.74) is 3.41. The lowest BCUT2D eigenvalue weighted by Gasteiger charge is -2.29. The first-order valence-corrected chi connectivity index (χ1v) is 14.6. The second-order valence-corrected chi connectivity index (χ2v) is 10.4. The molecule has 1 aliphatic rings. The van der Waals surface area contributed by atoms with Gasteiger partial charge in [0.1, 0.15) is 10.8 Å². The highest BCUT2D eigenvalue weighted by atomic mass is 35.5. The Balaban J connectivity index is 1.58. The molecule has 0 spiro atoms. The van der Waals surface area contributed by atoms with Crippen LogP contribution in [0.5, 0.6) is 0 Å². The van der Waals surface area contributed by atoms with E-state index in [1.807, 2.05) is 4.90 Å². The summed E-state index contributed by atoms with van der Waals surface area (Å²) in [6.07, 6.45) is 7.08. The van der Waals surface area contributed by atoms with Crippen molar-refractivity contribution >= 4 is 40.6 Å². The van der Waals surface area contributed by atoms with Crippen LogP contribution in [0.15, 0.2) is 24.4 Å². The van der Waals surface area contributed by atoms with Crippen molar-refractivity contribution in [3.63, 3.8) is 0 Å². The number of hydrogen-bond acceptors (Lipinski definition) is 7. The van der Waals surface area contributed by atoms with Gasteiger partial charge in [-0.15, -0.1) is 0 Å². The third kappa shape index (κ3) is 9.02. The number of hydrogen-bond donors (Lipinski definition) is 2. The van der Waals surface area contributed by atoms with Crippen LogP contribution < -0.4 is 15.5 Å². The highest BCUT2D eigenvalue weighted by molar-refractivity contribution is 6.32. The van der Waals surface area contributed by atoms with Crippen LogP contribution in [0.3, 0.4) is 0 Å². The first-order chi connectivity index (χ1) is 18.4. The molecule has 0 saturated carbocycles. The summed E-state index contributed by atoms with van der Waals surface area (Å²) in [6.45, 7) is 14.1. The van der Waals surface area contributed by atoms with Gasteiger partial charge in [-0.1, -0.05) is 52.1 Å². The molecule has 1 unspecified atom stereocenters. The monoisotopic (exact) mass is 544 g/mol. The number of ether oxygens (including phenoxy) is 1. The van der Waals surface area contributed by atoms with Gasteiger partial charge in [-0.2, -0.15) is 4.98 Å². The predicted molar refractivity (Wildman–Crippen MR) is 158 cm³/mol. The molecule has 1 aromatic carbocycles. The van der Waals surface area contributed by atoms with Gasteiger partial charge in [-0.25, -0.2) is 4.98 Å². The van der Waals surface area contributed by atoms with E-state index >= 15 is 0 Å². The van der Waals surface area contributed by atoms with Crippen molar-refractivity contribution < 1.29 is 9.53 Å². The molecule has 0 bridgehead atoms. The van der Waals surface area contributed by atoms with E-state index in [1.54, 1.807) is 6.20 Å². The van der Waals surface area contributed by atoms with Crippen molar-refractivity contribution in [2.75, 3.05) is 61.5 Å². The normalized spacial score (nSPS) is 14.3. The molecular formula is C29H45ClN6O2. The van der Waals surface area contributed by atoms with Gasteiger partial charge in [0.05, 0.1) is 19.4 Å². The van der Waals surface area contributed by atoms with Crippen molar-refractivity contribution in [1.82, 2.24) is 14.9 Å². The van der Waals surface area contributed by atoms with E-state index in [9.17, 15) is 4.79 Å². The minimum atomic E-state index is 0.255. The third-order valence-corrected chi connectivity index (χ3v) is 7.36. The summed E-state index contributed by atoms with van der Waals surface area (Å²) >= 11 is 6.40. The maximum atomic E-state index is 12.8. The van der Waals surface area contributed by atoms with Crippen molar-refractivity contribution in [1.29, 1.82) is 0 Å². The molecule has 1 atom stereocenters. The Bertz CT molecular complexity index is 1010. The molecule has 2 N–H and O–H groups in total. The summed E-state index contributed by atoms with van der Waals surface area (Å²) in [4.78, 5) is 26.2.